The first-order chi connectivity index (χ1) is 6.93. The summed E-state index contributed by atoms with van der Waals surface area (Å²) in [5.74, 6) is 0.338. The molecule has 15 heavy (non-hydrogen) atoms. The lowest BCUT2D eigenvalue weighted by atomic mass is 10.4. The van der Waals surface area contributed by atoms with Gasteiger partial charge in [0.2, 0.25) is 0 Å². The summed E-state index contributed by atoms with van der Waals surface area (Å²) in [5, 5.41) is 3.87. The SMILES string of the molecule is CCn1cc(OCC(Br)C(F)(F)F)cn1. The van der Waals surface area contributed by atoms with Crippen LogP contribution in [0.5, 0.6) is 5.75 Å². The van der Waals surface area contributed by atoms with Gasteiger partial charge in [0, 0.05) is 6.54 Å². The van der Waals surface area contributed by atoms with Crippen LogP contribution in [0.15, 0.2) is 12.4 Å². The number of hydrogen-bond acceptors (Lipinski definition) is 2. The maximum absolute atomic E-state index is 12.1. The summed E-state index contributed by atoms with van der Waals surface area (Å²) in [6.45, 7) is 2.07. The van der Waals surface area contributed by atoms with Gasteiger partial charge in [0.1, 0.15) is 11.4 Å². The van der Waals surface area contributed by atoms with Gasteiger partial charge in [-0.15, -0.1) is 0 Å². The molecule has 0 spiro atoms. The third-order valence-electron chi connectivity index (χ3n) is 1.69. The Bertz CT molecular complexity index is 313. The van der Waals surface area contributed by atoms with Crippen LogP contribution in [0.2, 0.25) is 0 Å². The first kappa shape index (κ1) is 12.4. The van der Waals surface area contributed by atoms with E-state index < -0.39 is 17.6 Å². The second kappa shape index (κ2) is 4.87. The fourth-order valence-electron chi connectivity index (χ4n) is 0.856. The van der Waals surface area contributed by atoms with Crippen LogP contribution >= 0.6 is 15.9 Å². The monoisotopic (exact) mass is 286 g/mol. The van der Waals surface area contributed by atoms with Crippen molar-refractivity contribution >= 4 is 15.9 Å². The molecule has 1 rings (SSSR count). The second-order valence-electron chi connectivity index (χ2n) is 2.85. The zero-order valence-electron chi connectivity index (χ0n) is 7.96. The Morgan fingerprint density at radius 2 is 2.27 bits per heavy atom. The molecule has 1 heterocycles. The van der Waals surface area contributed by atoms with E-state index >= 15 is 0 Å². The predicted octanol–water partition coefficient (Wildman–Crippen LogP) is 2.61. The van der Waals surface area contributed by atoms with Gasteiger partial charge in [0.25, 0.3) is 0 Å². The third kappa shape index (κ3) is 3.73. The quantitative estimate of drug-likeness (QED) is 0.796. The average molecular weight is 287 g/mol. The van der Waals surface area contributed by atoms with E-state index in [9.17, 15) is 13.2 Å². The molecular formula is C8H10BrF3N2O. The second-order valence-corrected chi connectivity index (χ2v) is 3.96. The summed E-state index contributed by atoms with van der Waals surface area (Å²) in [5.41, 5.74) is 0. The number of rotatable bonds is 4. The third-order valence-corrected chi connectivity index (χ3v) is 2.47. The Morgan fingerprint density at radius 3 is 2.73 bits per heavy atom. The molecule has 1 unspecified atom stereocenters. The lowest BCUT2D eigenvalue weighted by molar-refractivity contribution is -0.132. The molecule has 0 amide bonds. The van der Waals surface area contributed by atoms with Crippen LogP contribution in [0.3, 0.4) is 0 Å². The minimum absolute atomic E-state index is 0.338. The molecule has 0 N–H and O–H groups in total. The van der Waals surface area contributed by atoms with Crippen molar-refractivity contribution in [2.24, 2.45) is 0 Å². The molecule has 0 saturated carbocycles. The number of halogens is 4. The van der Waals surface area contributed by atoms with Crippen molar-refractivity contribution in [1.82, 2.24) is 9.78 Å². The lowest BCUT2D eigenvalue weighted by Gasteiger charge is -2.13. The van der Waals surface area contributed by atoms with Crippen LogP contribution in [0.1, 0.15) is 6.92 Å². The Hall–Kier alpha value is -0.720. The molecule has 3 nitrogen and oxygen atoms in total. The fraction of sp³-hybridized carbons (Fsp3) is 0.625. The minimum Gasteiger partial charge on any atom is -0.489 e. The first-order valence-electron chi connectivity index (χ1n) is 4.29. The van der Waals surface area contributed by atoms with Crippen molar-refractivity contribution in [3.63, 3.8) is 0 Å². The van der Waals surface area contributed by atoms with E-state index in [0.29, 0.717) is 12.3 Å². The van der Waals surface area contributed by atoms with Crippen molar-refractivity contribution in [3.05, 3.63) is 12.4 Å². The number of aromatic nitrogens is 2. The molecule has 0 aliphatic heterocycles. The molecule has 1 aromatic heterocycles. The standard InChI is InChI=1S/C8H10BrF3N2O/c1-2-14-4-6(3-13-14)15-5-7(9)8(10,11)12/h3-4,7H,2,5H2,1H3. The van der Waals surface area contributed by atoms with Crippen LogP contribution < -0.4 is 4.74 Å². The van der Waals surface area contributed by atoms with Gasteiger partial charge in [-0.25, -0.2) is 0 Å². The van der Waals surface area contributed by atoms with E-state index in [-0.39, 0.29) is 0 Å². The molecule has 0 aliphatic carbocycles. The highest BCUT2D eigenvalue weighted by Gasteiger charge is 2.38. The van der Waals surface area contributed by atoms with Crippen LogP contribution in [0.4, 0.5) is 13.2 Å². The summed E-state index contributed by atoms with van der Waals surface area (Å²) in [4.78, 5) is -1.66. The summed E-state index contributed by atoms with van der Waals surface area (Å²) in [7, 11) is 0. The van der Waals surface area contributed by atoms with Crippen molar-refractivity contribution in [2.45, 2.75) is 24.5 Å². The molecule has 0 radical (unpaired) electrons. The van der Waals surface area contributed by atoms with E-state index in [4.69, 9.17) is 4.74 Å². The smallest absolute Gasteiger partial charge is 0.404 e. The number of aryl methyl sites for hydroxylation is 1. The zero-order chi connectivity index (χ0) is 11.5. The highest BCUT2D eigenvalue weighted by atomic mass is 79.9. The number of ether oxygens (including phenoxy) is 1. The van der Waals surface area contributed by atoms with Gasteiger partial charge < -0.3 is 4.74 Å². The predicted molar refractivity (Wildman–Crippen MR) is 52.2 cm³/mol. The zero-order valence-corrected chi connectivity index (χ0v) is 9.55. The Balaban J connectivity index is 2.43. The van der Waals surface area contributed by atoms with Crippen LogP contribution in [0, 0.1) is 0 Å². The van der Waals surface area contributed by atoms with Gasteiger partial charge in [-0.3, -0.25) is 4.68 Å². The maximum atomic E-state index is 12.1. The largest absolute Gasteiger partial charge is 0.489 e. The molecular weight excluding hydrogens is 277 g/mol. The van der Waals surface area contributed by atoms with Crippen molar-refractivity contribution in [1.29, 1.82) is 0 Å². The van der Waals surface area contributed by atoms with E-state index in [1.165, 1.54) is 6.20 Å². The normalized spacial score (nSPS) is 13.9. The summed E-state index contributed by atoms with van der Waals surface area (Å²) in [6.07, 6.45) is -1.35. The van der Waals surface area contributed by atoms with Crippen LogP contribution in [0.25, 0.3) is 0 Å². The number of nitrogens with zero attached hydrogens (tertiary/aromatic N) is 2. The Labute approximate surface area is 93.3 Å². The van der Waals surface area contributed by atoms with E-state index in [0.717, 1.165) is 0 Å². The van der Waals surface area contributed by atoms with Gasteiger partial charge >= 0.3 is 6.18 Å². The van der Waals surface area contributed by atoms with Gasteiger partial charge in [-0.05, 0) is 6.92 Å². The van der Waals surface area contributed by atoms with Gasteiger partial charge in [-0.2, -0.15) is 18.3 Å². The average Bonchev–Trinajstić information content (AvgIpc) is 2.60. The first-order valence-corrected chi connectivity index (χ1v) is 5.21. The molecule has 7 heteroatoms. The molecule has 0 fully saturated rings. The van der Waals surface area contributed by atoms with Crippen LogP contribution in [-0.4, -0.2) is 27.4 Å². The molecule has 0 saturated heterocycles. The molecule has 1 aromatic rings. The summed E-state index contributed by atoms with van der Waals surface area (Å²) >= 11 is 2.50. The molecule has 0 bridgehead atoms. The van der Waals surface area contributed by atoms with E-state index in [2.05, 4.69) is 21.0 Å². The van der Waals surface area contributed by atoms with E-state index in [1.54, 1.807) is 10.9 Å². The van der Waals surface area contributed by atoms with Crippen molar-refractivity contribution in [3.8, 4) is 5.75 Å². The molecule has 0 aliphatic rings. The number of hydrogen-bond donors (Lipinski definition) is 0. The lowest BCUT2D eigenvalue weighted by Crippen LogP contribution is -2.28. The van der Waals surface area contributed by atoms with Crippen molar-refractivity contribution < 1.29 is 17.9 Å². The van der Waals surface area contributed by atoms with Gasteiger partial charge in [0.15, 0.2) is 5.75 Å². The minimum atomic E-state index is -4.29. The summed E-state index contributed by atoms with van der Waals surface area (Å²) < 4.78 is 42.7. The van der Waals surface area contributed by atoms with Crippen LogP contribution in [-0.2, 0) is 6.54 Å². The number of alkyl halides is 4. The summed E-state index contributed by atoms with van der Waals surface area (Å²) in [6, 6.07) is 0. The molecule has 1 atom stereocenters. The van der Waals surface area contributed by atoms with E-state index in [1.807, 2.05) is 6.92 Å². The highest BCUT2D eigenvalue weighted by molar-refractivity contribution is 9.09. The Kier molecular flexibility index (Phi) is 4.01. The van der Waals surface area contributed by atoms with Gasteiger partial charge in [-0.1, -0.05) is 15.9 Å². The van der Waals surface area contributed by atoms with Gasteiger partial charge in [0.05, 0.1) is 12.4 Å². The maximum Gasteiger partial charge on any atom is 0.404 e. The van der Waals surface area contributed by atoms with Crippen molar-refractivity contribution in [2.75, 3.05) is 6.61 Å². The highest BCUT2D eigenvalue weighted by Crippen LogP contribution is 2.26. The Morgan fingerprint density at radius 1 is 1.60 bits per heavy atom. The topological polar surface area (TPSA) is 27.1 Å². The fourth-order valence-corrected chi connectivity index (χ4v) is 0.988. The molecule has 86 valence electrons. The molecule has 0 aromatic carbocycles.